The number of anilines is 2. The minimum atomic E-state index is -4.72. The number of carbonyl (C=O) groups excluding carboxylic acids is 1. The molecule has 0 aliphatic carbocycles. The number of para-hydroxylation sites is 1. The van der Waals surface area contributed by atoms with Crippen molar-refractivity contribution >= 4 is 40.0 Å². The fourth-order valence-electron chi connectivity index (χ4n) is 2.37. The summed E-state index contributed by atoms with van der Waals surface area (Å²) in [4.78, 5) is 17.6. The topological polar surface area (TPSA) is 69.8 Å². The highest BCUT2D eigenvalue weighted by Gasteiger charge is 2.35. The van der Waals surface area contributed by atoms with E-state index in [2.05, 4.69) is 20.6 Å². The van der Waals surface area contributed by atoms with Crippen molar-refractivity contribution < 1.29 is 31.1 Å². The second-order valence-electron chi connectivity index (χ2n) is 5.56. The molecule has 0 spiro atoms. The van der Waals surface area contributed by atoms with Crippen LogP contribution in [0.25, 0.3) is 11.0 Å². The van der Waals surface area contributed by atoms with Crippen LogP contribution in [-0.4, -0.2) is 16.0 Å². The molecule has 12 heteroatoms. The lowest BCUT2D eigenvalue weighted by Crippen LogP contribution is -2.20. The molecule has 0 bridgehead atoms. The van der Waals surface area contributed by atoms with Gasteiger partial charge in [0.2, 0.25) is 5.82 Å². The summed E-state index contributed by atoms with van der Waals surface area (Å²) in [6, 6.07) is 5.78. The van der Waals surface area contributed by atoms with E-state index in [0.29, 0.717) is 6.07 Å². The van der Waals surface area contributed by atoms with Crippen molar-refractivity contribution in [1.82, 2.24) is 9.97 Å². The van der Waals surface area contributed by atoms with E-state index in [9.17, 15) is 31.1 Å². The van der Waals surface area contributed by atoms with Crippen LogP contribution >= 0.6 is 11.6 Å². The molecule has 0 atom stereocenters. The van der Waals surface area contributed by atoms with Crippen LogP contribution in [-0.2, 0) is 12.4 Å². The lowest BCUT2D eigenvalue weighted by atomic mass is 10.2. The Morgan fingerprint density at radius 2 is 1.71 bits per heavy atom. The molecule has 0 radical (unpaired) electrons. The van der Waals surface area contributed by atoms with Crippen molar-refractivity contribution in [2.45, 2.75) is 12.4 Å². The molecule has 1 aromatic heterocycles. The summed E-state index contributed by atoms with van der Waals surface area (Å²) < 4.78 is 76.9. The van der Waals surface area contributed by atoms with E-state index in [1.54, 1.807) is 0 Å². The van der Waals surface area contributed by atoms with E-state index < -0.39 is 34.8 Å². The van der Waals surface area contributed by atoms with Crippen LogP contribution in [0.4, 0.5) is 42.5 Å². The number of nitrogens with one attached hydrogen (secondary N) is 3. The number of nitrogens with zero attached hydrogens (tertiary/aromatic N) is 1. The molecule has 148 valence electrons. The molecule has 2 aromatic carbocycles. The van der Waals surface area contributed by atoms with Gasteiger partial charge in [0, 0.05) is 5.69 Å². The van der Waals surface area contributed by atoms with Crippen LogP contribution in [0.1, 0.15) is 11.4 Å². The van der Waals surface area contributed by atoms with E-state index in [4.69, 9.17) is 11.6 Å². The number of aromatic amines is 1. The Labute approximate surface area is 157 Å². The van der Waals surface area contributed by atoms with E-state index in [1.807, 2.05) is 0 Å². The molecule has 0 aliphatic rings. The predicted octanol–water partition coefficient (Wildman–Crippen LogP) is 5.90. The number of aromatic nitrogens is 2. The zero-order chi connectivity index (χ0) is 20.7. The highest BCUT2D eigenvalue weighted by molar-refractivity contribution is 6.31. The Morgan fingerprint density at radius 3 is 2.36 bits per heavy atom. The Kier molecular flexibility index (Phi) is 4.88. The Morgan fingerprint density at radius 1 is 1.00 bits per heavy atom. The molecule has 0 unspecified atom stereocenters. The minimum absolute atomic E-state index is 0.0241. The summed E-state index contributed by atoms with van der Waals surface area (Å²) in [7, 11) is 0. The number of carbonyl (C=O) groups is 1. The fourth-order valence-corrected chi connectivity index (χ4v) is 2.60. The quantitative estimate of drug-likeness (QED) is 0.450. The van der Waals surface area contributed by atoms with Crippen molar-refractivity contribution in [3.05, 3.63) is 52.8 Å². The summed E-state index contributed by atoms with van der Waals surface area (Å²) in [5, 5.41) is 3.88. The Bertz CT molecular complexity index is 1040. The molecule has 1 heterocycles. The van der Waals surface area contributed by atoms with Crippen LogP contribution < -0.4 is 10.6 Å². The van der Waals surface area contributed by atoms with E-state index >= 15 is 0 Å². The third kappa shape index (κ3) is 4.14. The average Bonchev–Trinajstić information content (AvgIpc) is 3.01. The van der Waals surface area contributed by atoms with Crippen LogP contribution in [0.2, 0.25) is 5.02 Å². The van der Waals surface area contributed by atoms with Gasteiger partial charge >= 0.3 is 18.4 Å². The maximum absolute atomic E-state index is 12.9. The van der Waals surface area contributed by atoms with Crippen LogP contribution in [0.15, 0.2) is 36.4 Å². The number of halogens is 7. The molecular weight excluding hydrogens is 414 g/mol. The molecule has 0 fully saturated rings. The van der Waals surface area contributed by atoms with Gasteiger partial charge < -0.3 is 15.6 Å². The zero-order valence-electron chi connectivity index (χ0n) is 13.5. The smallest absolute Gasteiger partial charge is 0.334 e. The molecule has 0 aliphatic heterocycles. The third-order valence-corrected chi connectivity index (χ3v) is 3.89. The van der Waals surface area contributed by atoms with E-state index in [1.165, 1.54) is 18.2 Å². The highest BCUT2D eigenvalue weighted by Crippen LogP contribution is 2.36. The predicted molar refractivity (Wildman–Crippen MR) is 90.2 cm³/mol. The Balaban J connectivity index is 1.83. The van der Waals surface area contributed by atoms with Crippen molar-refractivity contribution in [2.75, 3.05) is 10.6 Å². The standard InChI is InChI=1S/C16H9ClF6N4O/c17-9-5-4-7(6-8(9)15(18,19)20)24-14(28)26-11-3-1-2-10-12(11)27-13(25-10)16(21,22)23/h1-6H,(H,25,27)(H2,24,26,28). The first kappa shape index (κ1) is 19.8. The number of urea groups is 1. The van der Waals surface area contributed by atoms with Crippen molar-refractivity contribution in [3.63, 3.8) is 0 Å². The summed E-state index contributed by atoms with van der Waals surface area (Å²) in [5.74, 6) is -1.25. The van der Waals surface area contributed by atoms with Gasteiger partial charge in [-0.1, -0.05) is 17.7 Å². The van der Waals surface area contributed by atoms with Gasteiger partial charge in [0.25, 0.3) is 0 Å². The number of benzene rings is 2. The number of hydrogen-bond acceptors (Lipinski definition) is 2. The molecule has 28 heavy (non-hydrogen) atoms. The number of alkyl halides is 6. The molecule has 0 saturated carbocycles. The monoisotopic (exact) mass is 422 g/mol. The van der Waals surface area contributed by atoms with Gasteiger partial charge in [-0.2, -0.15) is 26.3 Å². The van der Waals surface area contributed by atoms with Crippen LogP contribution in [0, 0.1) is 0 Å². The lowest BCUT2D eigenvalue weighted by molar-refractivity contribution is -0.144. The number of hydrogen-bond donors (Lipinski definition) is 3. The van der Waals surface area contributed by atoms with Gasteiger partial charge in [0.05, 0.1) is 21.8 Å². The number of amides is 2. The SMILES string of the molecule is O=C(Nc1ccc(Cl)c(C(F)(F)F)c1)Nc1cccc2[nH]c(C(F)(F)F)nc12. The number of imidazole rings is 1. The third-order valence-electron chi connectivity index (χ3n) is 3.56. The first-order chi connectivity index (χ1) is 12.9. The molecule has 3 rings (SSSR count). The fraction of sp³-hybridized carbons (Fsp3) is 0.125. The minimum Gasteiger partial charge on any atom is -0.334 e. The Hall–Kier alpha value is -2.95. The molecule has 3 N–H and O–H groups in total. The molecule has 5 nitrogen and oxygen atoms in total. The van der Waals surface area contributed by atoms with Gasteiger partial charge in [0.1, 0.15) is 5.52 Å². The van der Waals surface area contributed by atoms with Crippen molar-refractivity contribution in [1.29, 1.82) is 0 Å². The highest BCUT2D eigenvalue weighted by atomic mass is 35.5. The van der Waals surface area contributed by atoms with E-state index in [0.717, 1.165) is 12.1 Å². The van der Waals surface area contributed by atoms with Crippen molar-refractivity contribution in [3.8, 4) is 0 Å². The molecule has 0 saturated heterocycles. The molecule has 3 aromatic rings. The van der Waals surface area contributed by atoms with Gasteiger partial charge in [-0.05, 0) is 30.3 Å². The molecule has 2 amide bonds. The van der Waals surface area contributed by atoms with Crippen molar-refractivity contribution in [2.24, 2.45) is 0 Å². The summed E-state index contributed by atoms with van der Waals surface area (Å²) >= 11 is 5.50. The maximum Gasteiger partial charge on any atom is 0.449 e. The largest absolute Gasteiger partial charge is 0.449 e. The number of rotatable bonds is 2. The summed E-state index contributed by atoms with van der Waals surface area (Å²) in [5.41, 5.74) is -1.55. The van der Waals surface area contributed by atoms with E-state index in [-0.39, 0.29) is 22.4 Å². The number of fused-ring (bicyclic) bond motifs is 1. The van der Waals surface area contributed by atoms with Gasteiger partial charge in [0.15, 0.2) is 0 Å². The summed E-state index contributed by atoms with van der Waals surface area (Å²) in [6.07, 6.45) is -9.43. The zero-order valence-corrected chi connectivity index (χ0v) is 14.2. The first-order valence-electron chi connectivity index (χ1n) is 7.46. The van der Waals surface area contributed by atoms with Gasteiger partial charge in [-0.3, -0.25) is 0 Å². The van der Waals surface area contributed by atoms with Crippen LogP contribution in [0.5, 0.6) is 0 Å². The second-order valence-corrected chi connectivity index (χ2v) is 5.96. The second kappa shape index (κ2) is 6.89. The number of H-pyrrole nitrogens is 1. The average molecular weight is 423 g/mol. The summed E-state index contributed by atoms with van der Waals surface area (Å²) in [6.45, 7) is 0. The lowest BCUT2D eigenvalue weighted by Gasteiger charge is -2.12. The van der Waals surface area contributed by atoms with Crippen LogP contribution in [0.3, 0.4) is 0 Å². The molecular formula is C16H9ClF6N4O. The van der Waals surface area contributed by atoms with Gasteiger partial charge in [-0.15, -0.1) is 0 Å². The first-order valence-corrected chi connectivity index (χ1v) is 7.83. The van der Waals surface area contributed by atoms with Gasteiger partial charge in [-0.25, -0.2) is 9.78 Å². The normalized spacial score (nSPS) is 12.2. The maximum atomic E-state index is 12.9.